The second-order valence-electron chi connectivity index (χ2n) is 5.70. The predicted molar refractivity (Wildman–Crippen MR) is 70.1 cm³/mol. The zero-order valence-electron chi connectivity index (χ0n) is 11.4. The number of fused-ring (bicyclic) bond motifs is 1. The lowest BCUT2D eigenvalue weighted by Gasteiger charge is -2.60. The van der Waals surface area contributed by atoms with Crippen LogP contribution in [0.1, 0.15) is 34.6 Å². The van der Waals surface area contributed by atoms with Crippen LogP contribution in [0.5, 0.6) is 0 Å². The fourth-order valence-corrected chi connectivity index (χ4v) is 3.25. The highest BCUT2D eigenvalue weighted by atomic mass is 16.7. The van der Waals surface area contributed by atoms with Gasteiger partial charge in [-0.25, -0.2) is 0 Å². The highest BCUT2D eigenvalue weighted by Gasteiger charge is 2.71. The molecule has 4 unspecified atom stereocenters. The molecule has 0 aromatic heterocycles. The van der Waals surface area contributed by atoms with Crippen molar-refractivity contribution in [1.29, 1.82) is 0 Å². The molecule has 1 aliphatic carbocycles. The van der Waals surface area contributed by atoms with Gasteiger partial charge in [0.15, 0.2) is 0 Å². The zero-order chi connectivity index (χ0) is 13.0. The van der Waals surface area contributed by atoms with Crippen molar-refractivity contribution in [2.24, 2.45) is 17.6 Å². The summed E-state index contributed by atoms with van der Waals surface area (Å²) in [5.41, 5.74) is 6.95. The maximum atomic E-state index is 6.12. The summed E-state index contributed by atoms with van der Waals surface area (Å²) in [5.74, 6) is 0.975. The molecule has 0 radical (unpaired) electrons. The Morgan fingerprint density at radius 3 is 1.94 bits per heavy atom. The molecule has 0 aromatic rings. The van der Waals surface area contributed by atoms with Crippen molar-refractivity contribution >= 4 is 7.12 Å². The molecule has 2 fully saturated rings. The van der Waals surface area contributed by atoms with E-state index in [0.29, 0.717) is 17.5 Å². The van der Waals surface area contributed by atoms with Crippen LogP contribution in [0.2, 0.25) is 0 Å². The lowest BCUT2D eigenvalue weighted by atomic mass is 9.53. The maximum absolute atomic E-state index is 6.12. The molecule has 17 heavy (non-hydrogen) atoms. The normalized spacial score (nSPS) is 46.1. The summed E-state index contributed by atoms with van der Waals surface area (Å²) >= 11 is 0. The molecule has 1 heterocycles. The molecule has 0 bridgehead atoms. The Kier molecular flexibility index (Phi) is 2.71. The molecular weight excluding hydrogens is 213 g/mol. The van der Waals surface area contributed by atoms with Gasteiger partial charge in [-0.3, -0.25) is 0 Å². The van der Waals surface area contributed by atoms with Crippen LogP contribution in [0, 0.1) is 11.8 Å². The average Bonchev–Trinajstić information content (AvgIpc) is 2.49. The largest absolute Gasteiger partial charge is 0.496 e. The van der Waals surface area contributed by atoms with Gasteiger partial charge < -0.3 is 15.0 Å². The third-order valence-electron chi connectivity index (χ3n) is 5.11. The quantitative estimate of drug-likeness (QED) is 0.589. The van der Waals surface area contributed by atoms with E-state index in [4.69, 9.17) is 15.0 Å². The fourth-order valence-electron chi connectivity index (χ4n) is 3.25. The van der Waals surface area contributed by atoms with E-state index >= 15 is 0 Å². The van der Waals surface area contributed by atoms with Gasteiger partial charge in [-0.05, 0) is 32.6 Å². The lowest BCUT2D eigenvalue weighted by Crippen LogP contribution is -2.69. The average molecular weight is 235 g/mol. The van der Waals surface area contributed by atoms with Crippen molar-refractivity contribution in [1.82, 2.24) is 0 Å². The van der Waals surface area contributed by atoms with E-state index < -0.39 is 0 Å². The molecule has 2 aliphatic rings. The van der Waals surface area contributed by atoms with E-state index in [2.05, 4.69) is 34.3 Å². The van der Waals surface area contributed by atoms with Gasteiger partial charge >= 0.3 is 7.12 Å². The Morgan fingerprint density at radius 1 is 1.24 bits per heavy atom. The smallest absolute Gasteiger partial charge is 0.403 e. The van der Waals surface area contributed by atoms with Crippen molar-refractivity contribution in [3.05, 3.63) is 23.8 Å². The summed E-state index contributed by atoms with van der Waals surface area (Å²) in [4.78, 5) is 0. The zero-order valence-corrected chi connectivity index (χ0v) is 11.4. The molecule has 2 rings (SSSR count). The highest BCUT2D eigenvalue weighted by Crippen LogP contribution is 2.60. The highest BCUT2D eigenvalue weighted by molar-refractivity contribution is 6.56. The number of rotatable bonds is 2. The second-order valence-corrected chi connectivity index (χ2v) is 5.70. The van der Waals surface area contributed by atoms with Gasteiger partial charge in [0.05, 0.1) is 11.2 Å². The van der Waals surface area contributed by atoms with Crippen LogP contribution in [0.25, 0.3) is 0 Å². The summed E-state index contributed by atoms with van der Waals surface area (Å²) in [6.45, 7) is 14.3. The maximum Gasteiger partial charge on any atom is 0.496 e. The topological polar surface area (TPSA) is 44.5 Å². The molecule has 94 valence electrons. The van der Waals surface area contributed by atoms with Crippen molar-refractivity contribution in [3.63, 3.8) is 0 Å². The molecule has 0 aromatic carbocycles. The summed E-state index contributed by atoms with van der Waals surface area (Å²) in [6, 6.07) is 0. The van der Waals surface area contributed by atoms with E-state index in [0.717, 1.165) is 5.47 Å². The molecule has 3 nitrogen and oxygen atoms in total. The first-order valence-corrected chi connectivity index (χ1v) is 6.22. The third kappa shape index (κ3) is 1.37. The minimum absolute atomic E-state index is 0.221. The number of hydrogen-bond acceptors (Lipinski definition) is 3. The van der Waals surface area contributed by atoms with Crippen LogP contribution >= 0.6 is 0 Å². The number of allylic oxidation sites excluding steroid dienone is 3. The lowest BCUT2D eigenvalue weighted by molar-refractivity contribution is -0.202. The molecular formula is C13H22BNO2. The third-order valence-corrected chi connectivity index (χ3v) is 5.11. The molecule has 4 atom stereocenters. The predicted octanol–water partition coefficient (Wildman–Crippen LogP) is 2.28. The number of nitrogens with two attached hydrogens (primary N) is 1. The summed E-state index contributed by atoms with van der Waals surface area (Å²) < 4.78 is 12.2. The van der Waals surface area contributed by atoms with E-state index in [1.807, 2.05) is 6.92 Å². The minimum Gasteiger partial charge on any atom is -0.403 e. The van der Waals surface area contributed by atoms with Crippen LogP contribution in [-0.4, -0.2) is 18.3 Å². The molecule has 1 saturated carbocycles. The van der Waals surface area contributed by atoms with Crippen LogP contribution in [-0.2, 0) is 9.31 Å². The Morgan fingerprint density at radius 2 is 1.65 bits per heavy atom. The number of hydrogen-bond donors (Lipinski definition) is 1. The first-order chi connectivity index (χ1) is 7.78. The standard InChI is InChI=1S/C13H22BNO2/c1-7-11(10(4)15)14-16-12(5)8(2)9(3)13(12,6)17-14/h7-9H,1,15H2,2-6H3/b11-10-. The van der Waals surface area contributed by atoms with Crippen molar-refractivity contribution in [2.45, 2.75) is 45.8 Å². The van der Waals surface area contributed by atoms with E-state index in [9.17, 15) is 0 Å². The second kappa shape index (κ2) is 3.63. The van der Waals surface area contributed by atoms with Gasteiger partial charge in [0, 0.05) is 11.2 Å². The Balaban J connectivity index is 2.31. The van der Waals surface area contributed by atoms with Gasteiger partial charge in [0.2, 0.25) is 0 Å². The molecule has 4 heteroatoms. The van der Waals surface area contributed by atoms with Gasteiger partial charge in [0.1, 0.15) is 0 Å². The molecule has 1 saturated heterocycles. The van der Waals surface area contributed by atoms with Gasteiger partial charge in [-0.1, -0.05) is 26.5 Å². The van der Waals surface area contributed by atoms with Gasteiger partial charge in [0.25, 0.3) is 0 Å². The SMILES string of the molecule is C=C/C(B1OC2(C)C(C)C(C)C2(C)O1)=C(\C)N. The van der Waals surface area contributed by atoms with E-state index in [-0.39, 0.29) is 18.3 Å². The molecule has 0 spiro atoms. The molecule has 2 N–H and O–H groups in total. The minimum atomic E-state index is -0.375. The summed E-state index contributed by atoms with van der Waals surface area (Å²) in [7, 11) is -0.375. The summed E-state index contributed by atoms with van der Waals surface area (Å²) in [6.07, 6.45) is 1.73. The fraction of sp³-hybridized carbons (Fsp3) is 0.692. The van der Waals surface area contributed by atoms with Crippen molar-refractivity contribution < 1.29 is 9.31 Å². The van der Waals surface area contributed by atoms with Crippen LogP contribution in [0.3, 0.4) is 0 Å². The van der Waals surface area contributed by atoms with Gasteiger partial charge in [-0.2, -0.15) is 0 Å². The monoisotopic (exact) mass is 235 g/mol. The van der Waals surface area contributed by atoms with Crippen molar-refractivity contribution in [2.75, 3.05) is 0 Å². The van der Waals surface area contributed by atoms with E-state index in [1.165, 1.54) is 0 Å². The Labute approximate surface area is 104 Å². The Hall–Kier alpha value is -0.735. The van der Waals surface area contributed by atoms with Crippen molar-refractivity contribution in [3.8, 4) is 0 Å². The molecule has 1 aliphatic heterocycles. The first kappa shape index (κ1) is 12.7. The van der Waals surface area contributed by atoms with Crippen LogP contribution in [0.15, 0.2) is 23.8 Å². The van der Waals surface area contributed by atoms with Crippen LogP contribution in [0.4, 0.5) is 0 Å². The van der Waals surface area contributed by atoms with Crippen LogP contribution < -0.4 is 5.73 Å². The Bertz CT molecular complexity index is 369. The van der Waals surface area contributed by atoms with E-state index in [1.54, 1.807) is 6.08 Å². The first-order valence-electron chi connectivity index (χ1n) is 6.22. The summed E-state index contributed by atoms with van der Waals surface area (Å²) in [5, 5.41) is 0. The molecule has 0 amide bonds. The van der Waals surface area contributed by atoms with Gasteiger partial charge in [-0.15, -0.1) is 0 Å².